The first kappa shape index (κ1) is 15.3. The Morgan fingerprint density at radius 3 is 2.67 bits per heavy atom. The summed E-state index contributed by atoms with van der Waals surface area (Å²) in [4.78, 5) is 4.24. The van der Waals surface area contributed by atoms with Crippen molar-refractivity contribution in [3.8, 4) is 5.75 Å². The summed E-state index contributed by atoms with van der Waals surface area (Å²) < 4.78 is 40.7. The van der Waals surface area contributed by atoms with Gasteiger partial charge >= 0.3 is 6.36 Å². The summed E-state index contributed by atoms with van der Waals surface area (Å²) in [6, 6.07) is 8.76. The second-order valence-corrected chi connectivity index (χ2v) is 4.50. The minimum Gasteiger partial charge on any atom is -0.406 e. The molecule has 2 N–H and O–H groups in total. The fraction of sp³-hybridized carbons (Fsp3) is 0.267. The van der Waals surface area contributed by atoms with E-state index in [4.69, 9.17) is 5.73 Å². The highest BCUT2D eigenvalue weighted by atomic mass is 19.4. The molecule has 21 heavy (non-hydrogen) atoms. The molecule has 0 fully saturated rings. The van der Waals surface area contributed by atoms with Gasteiger partial charge in [0.15, 0.2) is 0 Å². The minimum absolute atomic E-state index is 0.288. The van der Waals surface area contributed by atoms with Crippen LogP contribution in [0, 0.1) is 0 Å². The molecule has 2 rings (SSSR count). The lowest BCUT2D eigenvalue weighted by atomic mass is 9.99. The first-order chi connectivity index (χ1) is 9.90. The molecule has 0 spiro atoms. The number of aromatic nitrogens is 1. The lowest BCUT2D eigenvalue weighted by Gasteiger charge is -2.16. The number of pyridine rings is 1. The van der Waals surface area contributed by atoms with E-state index in [1.54, 1.807) is 18.3 Å². The number of aryl methyl sites for hydroxylation is 1. The number of rotatable bonds is 4. The van der Waals surface area contributed by atoms with Crippen LogP contribution in [0.2, 0.25) is 0 Å². The summed E-state index contributed by atoms with van der Waals surface area (Å²) in [6.45, 7) is 1.97. The number of nitrogens with zero attached hydrogens (tertiary/aromatic N) is 1. The van der Waals surface area contributed by atoms with Crippen molar-refractivity contribution in [1.29, 1.82) is 0 Å². The zero-order valence-corrected chi connectivity index (χ0v) is 11.4. The minimum atomic E-state index is -4.72. The fourth-order valence-electron chi connectivity index (χ4n) is 2.09. The van der Waals surface area contributed by atoms with Crippen LogP contribution in [0.15, 0.2) is 42.6 Å². The number of nitrogens with two attached hydrogens (primary N) is 1. The van der Waals surface area contributed by atoms with Gasteiger partial charge in [-0.15, -0.1) is 13.2 Å². The van der Waals surface area contributed by atoms with Gasteiger partial charge in [-0.25, -0.2) is 0 Å². The van der Waals surface area contributed by atoms with Crippen LogP contribution in [0.5, 0.6) is 5.75 Å². The monoisotopic (exact) mass is 296 g/mol. The van der Waals surface area contributed by atoms with Crippen LogP contribution in [0.4, 0.5) is 13.2 Å². The van der Waals surface area contributed by atoms with Crippen LogP contribution in [0.25, 0.3) is 0 Å². The number of halogens is 3. The van der Waals surface area contributed by atoms with Gasteiger partial charge in [-0.05, 0) is 35.7 Å². The maximum atomic E-state index is 12.2. The van der Waals surface area contributed by atoms with Crippen LogP contribution in [0.1, 0.15) is 29.8 Å². The van der Waals surface area contributed by atoms with E-state index in [0.29, 0.717) is 11.3 Å². The SMILES string of the molecule is CCc1cccnc1C(N)c1cccc(OC(F)(F)F)c1. The van der Waals surface area contributed by atoms with E-state index in [9.17, 15) is 13.2 Å². The third-order valence-electron chi connectivity index (χ3n) is 3.05. The van der Waals surface area contributed by atoms with E-state index in [2.05, 4.69) is 9.72 Å². The van der Waals surface area contributed by atoms with Crippen LogP contribution in [-0.4, -0.2) is 11.3 Å². The molecule has 0 saturated carbocycles. The zero-order valence-electron chi connectivity index (χ0n) is 11.4. The molecule has 1 aromatic heterocycles. The van der Waals surface area contributed by atoms with Crippen LogP contribution in [-0.2, 0) is 6.42 Å². The molecule has 1 atom stereocenters. The first-order valence-electron chi connectivity index (χ1n) is 6.46. The Hall–Kier alpha value is -2.08. The average Bonchev–Trinajstić information content (AvgIpc) is 2.45. The molecule has 0 radical (unpaired) electrons. The molecule has 0 aliphatic heterocycles. The summed E-state index contributed by atoms with van der Waals surface area (Å²) in [6.07, 6.45) is -2.36. The number of ether oxygens (including phenoxy) is 1. The quantitative estimate of drug-likeness (QED) is 0.938. The molecule has 1 unspecified atom stereocenters. The molecule has 0 bridgehead atoms. The summed E-state index contributed by atoms with van der Waals surface area (Å²) in [5, 5.41) is 0. The zero-order chi connectivity index (χ0) is 15.5. The Balaban J connectivity index is 2.31. The van der Waals surface area contributed by atoms with E-state index in [1.165, 1.54) is 18.2 Å². The number of hydrogen-bond donors (Lipinski definition) is 1. The Labute approximate surface area is 120 Å². The first-order valence-corrected chi connectivity index (χ1v) is 6.46. The van der Waals surface area contributed by atoms with Gasteiger partial charge in [0.05, 0.1) is 11.7 Å². The van der Waals surface area contributed by atoms with Crippen molar-refractivity contribution >= 4 is 0 Å². The van der Waals surface area contributed by atoms with E-state index < -0.39 is 12.4 Å². The summed E-state index contributed by atoms with van der Waals surface area (Å²) in [5.41, 5.74) is 8.27. The van der Waals surface area contributed by atoms with Crippen molar-refractivity contribution in [3.63, 3.8) is 0 Å². The van der Waals surface area contributed by atoms with Gasteiger partial charge in [0.25, 0.3) is 0 Å². The Morgan fingerprint density at radius 2 is 2.00 bits per heavy atom. The molecule has 1 aromatic carbocycles. The summed E-state index contributed by atoms with van der Waals surface area (Å²) in [5.74, 6) is -0.288. The molecule has 0 aliphatic rings. The van der Waals surface area contributed by atoms with Gasteiger partial charge in [0.1, 0.15) is 5.75 Å². The van der Waals surface area contributed by atoms with Gasteiger partial charge in [0, 0.05) is 6.20 Å². The lowest BCUT2D eigenvalue weighted by molar-refractivity contribution is -0.274. The van der Waals surface area contributed by atoms with Gasteiger partial charge < -0.3 is 10.5 Å². The molecule has 1 heterocycles. The van der Waals surface area contributed by atoms with Crippen molar-refractivity contribution in [2.45, 2.75) is 25.7 Å². The van der Waals surface area contributed by atoms with Gasteiger partial charge in [-0.3, -0.25) is 4.98 Å². The second kappa shape index (κ2) is 6.13. The molecular formula is C15H15F3N2O. The van der Waals surface area contributed by atoms with Crippen molar-refractivity contribution in [2.24, 2.45) is 5.73 Å². The fourth-order valence-corrected chi connectivity index (χ4v) is 2.09. The highest BCUT2D eigenvalue weighted by Crippen LogP contribution is 2.27. The number of benzene rings is 1. The highest BCUT2D eigenvalue weighted by molar-refractivity contribution is 5.36. The van der Waals surface area contributed by atoms with E-state index in [-0.39, 0.29) is 5.75 Å². The Kier molecular flexibility index (Phi) is 4.47. The number of alkyl halides is 3. The molecular weight excluding hydrogens is 281 g/mol. The van der Waals surface area contributed by atoms with Crippen LogP contribution < -0.4 is 10.5 Å². The molecule has 6 heteroatoms. The predicted molar refractivity (Wildman–Crippen MR) is 72.8 cm³/mol. The van der Waals surface area contributed by atoms with Crippen molar-refractivity contribution in [3.05, 3.63) is 59.4 Å². The maximum Gasteiger partial charge on any atom is 0.573 e. The van der Waals surface area contributed by atoms with Gasteiger partial charge in [-0.2, -0.15) is 0 Å². The van der Waals surface area contributed by atoms with Crippen molar-refractivity contribution < 1.29 is 17.9 Å². The molecule has 112 valence electrons. The topological polar surface area (TPSA) is 48.1 Å². The van der Waals surface area contributed by atoms with Gasteiger partial charge in [-0.1, -0.05) is 25.1 Å². The normalized spacial score (nSPS) is 13.0. The Morgan fingerprint density at radius 1 is 1.24 bits per heavy atom. The molecule has 0 saturated heterocycles. The largest absolute Gasteiger partial charge is 0.573 e. The van der Waals surface area contributed by atoms with Crippen molar-refractivity contribution in [1.82, 2.24) is 4.98 Å². The van der Waals surface area contributed by atoms with Crippen LogP contribution in [0.3, 0.4) is 0 Å². The third-order valence-corrected chi connectivity index (χ3v) is 3.05. The third kappa shape index (κ3) is 3.95. The average molecular weight is 296 g/mol. The van der Waals surface area contributed by atoms with E-state index in [0.717, 1.165) is 12.0 Å². The predicted octanol–water partition coefficient (Wildman–Crippen LogP) is 3.59. The second-order valence-electron chi connectivity index (χ2n) is 4.50. The summed E-state index contributed by atoms with van der Waals surface area (Å²) in [7, 11) is 0. The van der Waals surface area contributed by atoms with Crippen LogP contribution >= 0.6 is 0 Å². The molecule has 3 nitrogen and oxygen atoms in total. The Bertz CT molecular complexity index is 614. The number of hydrogen-bond acceptors (Lipinski definition) is 3. The van der Waals surface area contributed by atoms with E-state index >= 15 is 0 Å². The standard InChI is InChI=1S/C15H15F3N2O/c1-2-10-6-4-8-20-14(10)13(19)11-5-3-7-12(9-11)21-15(16,17)18/h3-9,13H,2,19H2,1H3. The maximum absolute atomic E-state index is 12.2. The smallest absolute Gasteiger partial charge is 0.406 e. The molecule has 0 aliphatic carbocycles. The van der Waals surface area contributed by atoms with Gasteiger partial charge in [0.2, 0.25) is 0 Å². The lowest BCUT2D eigenvalue weighted by Crippen LogP contribution is -2.18. The van der Waals surface area contributed by atoms with E-state index in [1.807, 2.05) is 13.0 Å². The summed E-state index contributed by atoms with van der Waals surface area (Å²) >= 11 is 0. The molecule has 0 amide bonds. The molecule has 2 aromatic rings. The highest BCUT2D eigenvalue weighted by Gasteiger charge is 2.31. The van der Waals surface area contributed by atoms with Crippen molar-refractivity contribution in [2.75, 3.05) is 0 Å².